The number of halogens is 1. The Kier molecular flexibility index (Phi) is 3.89. The van der Waals surface area contributed by atoms with Gasteiger partial charge in [0.05, 0.1) is 16.4 Å². The fraction of sp³-hybridized carbons (Fsp3) is 0.0625. The Labute approximate surface area is 132 Å². The molecule has 0 aliphatic rings. The summed E-state index contributed by atoms with van der Waals surface area (Å²) >= 11 is 6.23. The molecule has 0 amide bonds. The fourth-order valence-electron chi connectivity index (χ4n) is 2.12. The number of hydrogen-bond donors (Lipinski definition) is 1. The van der Waals surface area contributed by atoms with Crippen LogP contribution in [0.1, 0.15) is 5.82 Å². The second-order valence-corrected chi connectivity index (χ2v) is 5.04. The van der Waals surface area contributed by atoms with Gasteiger partial charge in [-0.2, -0.15) is 4.98 Å². The van der Waals surface area contributed by atoms with E-state index in [-0.39, 0.29) is 11.7 Å². The van der Waals surface area contributed by atoms with E-state index < -0.39 is 0 Å². The highest BCUT2D eigenvalue weighted by Gasteiger charge is 2.17. The summed E-state index contributed by atoms with van der Waals surface area (Å²) < 4.78 is 1.67. The zero-order chi connectivity index (χ0) is 15.5. The maximum Gasteiger partial charge on any atom is 0.259 e. The van der Waals surface area contributed by atoms with Crippen LogP contribution >= 0.6 is 11.6 Å². The van der Waals surface area contributed by atoms with Crippen molar-refractivity contribution >= 4 is 23.1 Å². The van der Waals surface area contributed by atoms with Crippen LogP contribution in [0.4, 0.5) is 11.5 Å². The van der Waals surface area contributed by atoms with E-state index in [4.69, 9.17) is 11.6 Å². The zero-order valence-electron chi connectivity index (χ0n) is 11.8. The molecule has 5 nitrogen and oxygen atoms in total. The van der Waals surface area contributed by atoms with Crippen LogP contribution in [0.25, 0.3) is 5.69 Å². The third-order valence-electron chi connectivity index (χ3n) is 3.11. The van der Waals surface area contributed by atoms with Gasteiger partial charge in [-0.25, -0.2) is 0 Å². The number of nitrogens with zero attached hydrogens (tertiary/aromatic N) is 4. The molecule has 3 aromatic rings. The lowest BCUT2D eigenvalue weighted by atomic mass is 10.3. The number of aromatic hydroxyl groups is 1. The zero-order valence-corrected chi connectivity index (χ0v) is 12.6. The Morgan fingerprint density at radius 1 is 1.00 bits per heavy atom. The Morgan fingerprint density at radius 3 is 2.41 bits per heavy atom. The third-order valence-corrected chi connectivity index (χ3v) is 3.43. The minimum absolute atomic E-state index is 0.183. The molecule has 1 N–H and O–H groups in total. The van der Waals surface area contributed by atoms with Crippen LogP contribution in [0.2, 0.25) is 5.02 Å². The minimum atomic E-state index is -0.183. The SMILES string of the molecule is Cc1nc(O)c(N=Nc2ccccc2)n1-c1ccccc1Cl. The minimum Gasteiger partial charge on any atom is -0.491 e. The van der Waals surface area contributed by atoms with Crippen LogP contribution in [-0.2, 0) is 0 Å². The largest absolute Gasteiger partial charge is 0.491 e. The number of para-hydroxylation sites is 1. The maximum atomic E-state index is 10.0. The lowest BCUT2D eigenvalue weighted by Gasteiger charge is -2.08. The summed E-state index contributed by atoms with van der Waals surface area (Å²) in [5.74, 6) is 0.638. The number of azo groups is 1. The van der Waals surface area contributed by atoms with Gasteiger partial charge in [0.25, 0.3) is 5.88 Å². The number of imidazole rings is 1. The molecule has 1 heterocycles. The average molecular weight is 313 g/mol. The predicted molar refractivity (Wildman–Crippen MR) is 85.6 cm³/mol. The molecule has 0 saturated carbocycles. The standard InChI is InChI=1S/C16H13ClN4O/c1-11-18-16(22)15(20-19-12-7-3-2-4-8-12)21(11)14-10-6-5-9-13(14)17/h2-10,22H,1H3. The number of aromatic nitrogens is 2. The number of rotatable bonds is 3. The molecular weight excluding hydrogens is 300 g/mol. The first-order valence-electron chi connectivity index (χ1n) is 6.67. The van der Waals surface area contributed by atoms with Crippen molar-refractivity contribution in [1.82, 2.24) is 9.55 Å². The van der Waals surface area contributed by atoms with Crippen LogP contribution in [0.3, 0.4) is 0 Å². The Bertz CT molecular complexity index is 827. The topological polar surface area (TPSA) is 62.8 Å². The van der Waals surface area contributed by atoms with Crippen LogP contribution in [0.5, 0.6) is 5.88 Å². The van der Waals surface area contributed by atoms with E-state index in [9.17, 15) is 5.11 Å². The second-order valence-electron chi connectivity index (χ2n) is 4.63. The molecule has 0 radical (unpaired) electrons. The van der Waals surface area contributed by atoms with Crippen molar-refractivity contribution in [3.05, 3.63) is 65.4 Å². The molecule has 6 heteroatoms. The first-order chi connectivity index (χ1) is 10.7. The summed E-state index contributed by atoms with van der Waals surface area (Å²) in [7, 11) is 0. The van der Waals surface area contributed by atoms with Crippen LogP contribution in [0, 0.1) is 6.92 Å². The molecule has 0 spiro atoms. The molecule has 1 aromatic heterocycles. The van der Waals surface area contributed by atoms with E-state index in [0.29, 0.717) is 22.2 Å². The van der Waals surface area contributed by atoms with Gasteiger partial charge < -0.3 is 5.11 Å². The van der Waals surface area contributed by atoms with E-state index >= 15 is 0 Å². The van der Waals surface area contributed by atoms with Gasteiger partial charge >= 0.3 is 0 Å². The molecule has 0 atom stereocenters. The summed E-state index contributed by atoms with van der Waals surface area (Å²) in [5.41, 5.74) is 1.38. The highest BCUT2D eigenvalue weighted by atomic mass is 35.5. The van der Waals surface area contributed by atoms with Gasteiger partial charge in [0, 0.05) is 0 Å². The third kappa shape index (κ3) is 2.71. The molecular formula is C16H13ClN4O. The van der Waals surface area contributed by atoms with Crippen molar-refractivity contribution in [3.63, 3.8) is 0 Å². The van der Waals surface area contributed by atoms with E-state index in [2.05, 4.69) is 15.2 Å². The Hall–Kier alpha value is -2.66. The molecule has 0 aliphatic heterocycles. The predicted octanol–water partition coefficient (Wildman–Crippen LogP) is 4.96. The Morgan fingerprint density at radius 2 is 1.68 bits per heavy atom. The van der Waals surface area contributed by atoms with Crippen molar-refractivity contribution in [2.75, 3.05) is 0 Å². The first kappa shape index (κ1) is 14.3. The van der Waals surface area contributed by atoms with Crippen molar-refractivity contribution in [2.45, 2.75) is 6.92 Å². The van der Waals surface area contributed by atoms with Gasteiger partial charge in [-0.05, 0) is 31.2 Å². The van der Waals surface area contributed by atoms with Crippen LogP contribution < -0.4 is 0 Å². The summed E-state index contributed by atoms with van der Waals surface area (Å²) in [5, 5.41) is 18.8. The van der Waals surface area contributed by atoms with Gasteiger partial charge in [-0.3, -0.25) is 4.57 Å². The molecule has 22 heavy (non-hydrogen) atoms. The van der Waals surface area contributed by atoms with Gasteiger partial charge in [-0.15, -0.1) is 10.2 Å². The second kappa shape index (κ2) is 5.99. The van der Waals surface area contributed by atoms with Crippen molar-refractivity contribution in [1.29, 1.82) is 0 Å². The van der Waals surface area contributed by atoms with Crippen molar-refractivity contribution < 1.29 is 5.11 Å². The summed E-state index contributed by atoms with van der Waals surface area (Å²) in [4.78, 5) is 4.05. The smallest absolute Gasteiger partial charge is 0.259 e. The molecule has 0 unspecified atom stereocenters. The monoisotopic (exact) mass is 312 g/mol. The summed E-state index contributed by atoms with van der Waals surface area (Å²) in [6.07, 6.45) is 0. The van der Waals surface area contributed by atoms with Gasteiger partial charge in [-0.1, -0.05) is 41.9 Å². The lowest BCUT2D eigenvalue weighted by molar-refractivity contribution is 0.457. The molecule has 110 valence electrons. The highest BCUT2D eigenvalue weighted by molar-refractivity contribution is 6.32. The summed E-state index contributed by atoms with van der Waals surface area (Å²) in [6, 6.07) is 16.6. The van der Waals surface area contributed by atoms with Gasteiger partial charge in [0.2, 0.25) is 5.82 Å². The van der Waals surface area contributed by atoms with Gasteiger partial charge in [0.15, 0.2) is 0 Å². The first-order valence-corrected chi connectivity index (χ1v) is 7.04. The Balaban J connectivity index is 2.09. The molecule has 2 aromatic carbocycles. The molecule has 3 rings (SSSR count). The fourth-order valence-corrected chi connectivity index (χ4v) is 2.34. The number of hydrogen-bond acceptors (Lipinski definition) is 4. The maximum absolute atomic E-state index is 10.0. The van der Waals surface area contributed by atoms with E-state index in [1.165, 1.54) is 0 Å². The highest BCUT2D eigenvalue weighted by Crippen LogP contribution is 2.34. The quantitative estimate of drug-likeness (QED) is 0.695. The molecule has 0 bridgehead atoms. The van der Waals surface area contributed by atoms with E-state index in [1.807, 2.05) is 48.5 Å². The molecule has 0 fully saturated rings. The number of aryl methyl sites for hydroxylation is 1. The normalized spacial score (nSPS) is 11.2. The van der Waals surface area contributed by atoms with Crippen LogP contribution in [-0.4, -0.2) is 14.7 Å². The number of benzene rings is 2. The van der Waals surface area contributed by atoms with Gasteiger partial charge in [0.1, 0.15) is 5.82 Å². The lowest BCUT2D eigenvalue weighted by Crippen LogP contribution is -1.97. The van der Waals surface area contributed by atoms with Crippen molar-refractivity contribution in [2.24, 2.45) is 10.2 Å². The van der Waals surface area contributed by atoms with Crippen LogP contribution in [0.15, 0.2) is 64.8 Å². The molecule has 0 saturated heterocycles. The summed E-state index contributed by atoms with van der Waals surface area (Å²) in [6.45, 7) is 1.77. The van der Waals surface area contributed by atoms with Crippen molar-refractivity contribution in [3.8, 4) is 11.6 Å². The van der Waals surface area contributed by atoms with E-state index in [1.54, 1.807) is 17.6 Å². The average Bonchev–Trinajstić information content (AvgIpc) is 2.80. The molecule has 0 aliphatic carbocycles. The van der Waals surface area contributed by atoms with E-state index in [0.717, 1.165) is 0 Å².